The largest absolute Gasteiger partial charge is 0.463 e. The van der Waals surface area contributed by atoms with Crippen molar-refractivity contribution in [2.75, 3.05) is 18.1 Å². The van der Waals surface area contributed by atoms with E-state index in [-0.39, 0.29) is 5.97 Å². The standard InChI is InChI=1S/C10H16O2S2/c1-3-12-10(11)8(2)7-9-13-5-4-6-14-9/h7,9H,3-6H2,1-2H3/b8-7+. The minimum atomic E-state index is -0.181. The highest BCUT2D eigenvalue weighted by molar-refractivity contribution is 8.17. The van der Waals surface area contributed by atoms with E-state index >= 15 is 0 Å². The molecule has 0 atom stereocenters. The molecular formula is C10H16O2S2. The van der Waals surface area contributed by atoms with Crippen LogP contribution < -0.4 is 0 Å². The van der Waals surface area contributed by atoms with E-state index < -0.39 is 0 Å². The van der Waals surface area contributed by atoms with Gasteiger partial charge in [-0.1, -0.05) is 6.08 Å². The first-order chi connectivity index (χ1) is 6.74. The van der Waals surface area contributed by atoms with Crippen LogP contribution >= 0.6 is 23.5 Å². The van der Waals surface area contributed by atoms with Crippen molar-refractivity contribution in [3.8, 4) is 0 Å². The topological polar surface area (TPSA) is 26.3 Å². The average Bonchev–Trinajstić information content (AvgIpc) is 2.19. The minimum Gasteiger partial charge on any atom is -0.463 e. The van der Waals surface area contributed by atoms with Crippen molar-refractivity contribution < 1.29 is 9.53 Å². The van der Waals surface area contributed by atoms with Gasteiger partial charge in [0.25, 0.3) is 0 Å². The molecule has 1 fully saturated rings. The number of carbonyl (C=O) groups excluding carboxylic acids is 1. The van der Waals surface area contributed by atoms with E-state index in [0.717, 1.165) is 5.57 Å². The summed E-state index contributed by atoms with van der Waals surface area (Å²) < 4.78 is 5.36. The Bertz CT molecular complexity index is 220. The fraction of sp³-hybridized carbons (Fsp3) is 0.700. The summed E-state index contributed by atoms with van der Waals surface area (Å²) in [5.74, 6) is 2.22. The van der Waals surface area contributed by atoms with E-state index in [1.807, 2.05) is 43.4 Å². The smallest absolute Gasteiger partial charge is 0.333 e. The van der Waals surface area contributed by atoms with Gasteiger partial charge in [-0.05, 0) is 31.8 Å². The summed E-state index contributed by atoms with van der Waals surface area (Å²) in [6.45, 7) is 4.11. The summed E-state index contributed by atoms with van der Waals surface area (Å²) >= 11 is 3.81. The summed E-state index contributed by atoms with van der Waals surface area (Å²) in [4.78, 5) is 11.3. The zero-order valence-electron chi connectivity index (χ0n) is 8.62. The fourth-order valence-corrected chi connectivity index (χ4v) is 3.95. The second-order valence-corrected chi connectivity index (χ2v) is 5.83. The molecule has 0 aromatic carbocycles. The van der Waals surface area contributed by atoms with Crippen molar-refractivity contribution >= 4 is 29.5 Å². The maximum Gasteiger partial charge on any atom is 0.333 e. The van der Waals surface area contributed by atoms with E-state index in [1.165, 1.54) is 17.9 Å². The lowest BCUT2D eigenvalue weighted by Gasteiger charge is -2.17. The normalized spacial score (nSPS) is 19.4. The number of hydrogen-bond acceptors (Lipinski definition) is 4. The highest BCUT2D eigenvalue weighted by atomic mass is 32.2. The van der Waals surface area contributed by atoms with Gasteiger partial charge in [-0.25, -0.2) is 4.79 Å². The molecule has 0 amide bonds. The molecule has 0 unspecified atom stereocenters. The summed E-state index contributed by atoms with van der Waals surface area (Å²) in [5.41, 5.74) is 0.735. The first kappa shape index (κ1) is 12.0. The highest BCUT2D eigenvalue weighted by Crippen LogP contribution is 2.32. The average molecular weight is 232 g/mol. The van der Waals surface area contributed by atoms with E-state index in [4.69, 9.17) is 4.74 Å². The Morgan fingerprint density at radius 2 is 2.14 bits per heavy atom. The van der Waals surface area contributed by atoms with Crippen molar-refractivity contribution in [3.05, 3.63) is 11.6 Å². The number of carbonyl (C=O) groups is 1. The Morgan fingerprint density at radius 3 is 2.71 bits per heavy atom. The van der Waals surface area contributed by atoms with E-state index in [9.17, 15) is 4.79 Å². The van der Waals surface area contributed by atoms with Gasteiger partial charge in [0.2, 0.25) is 0 Å². The van der Waals surface area contributed by atoms with Gasteiger partial charge in [0.15, 0.2) is 0 Å². The first-order valence-electron chi connectivity index (χ1n) is 4.82. The third-order valence-electron chi connectivity index (χ3n) is 1.84. The van der Waals surface area contributed by atoms with Crippen LogP contribution in [0.1, 0.15) is 20.3 Å². The molecule has 0 aromatic heterocycles. The fourth-order valence-electron chi connectivity index (χ4n) is 1.12. The summed E-state index contributed by atoms with van der Waals surface area (Å²) in [7, 11) is 0. The van der Waals surface area contributed by atoms with Crippen LogP contribution in [0.25, 0.3) is 0 Å². The first-order valence-corrected chi connectivity index (χ1v) is 6.92. The lowest BCUT2D eigenvalue weighted by atomic mass is 10.3. The van der Waals surface area contributed by atoms with Crippen LogP contribution in [0.2, 0.25) is 0 Å². The summed E-state index contributed by atoms with van der Waals surface area (Å²) in [5, 5.41) is 0. The van der Waals surface area contributed by atoms with Crippen LogP contribution in [0.3, 0.4) is 0 Å². The predicted octanol–water partition coefficient (Wildman–Crippen LogP) is 2.69. The van der Waals surface area contributed by atoms with Gasteiger partial charge in [-0.3, -0.25) is 0 Å². The monoisotopic (exact) mass is 232 g/mol. The molecular weight excluding hydrogens is 216 g/mol. The van der Waals surface area contributed by atoms with Gasteiger partial charge in [-0.15, -0.1) is 23.5 Å². The van der Waals surface area contributed by atoms with Gasteiger partial charge in [0.05, 0.1) is 11.2 Å². The van der Waals surface area contributed by atoms with Gasteiger partial charge >= 0.3 is 5.97 Å². The number of esters is 1. The number of thioether (sulfide) groups is 2. The van der Waals surface area contributed by atoms with Crippen molar-refractivity contribution in [2.24, 2.45) is 0 Å². The molecule has 0 radical (unpaired) electrons. The van der Waals surface area contributed by atoms with Crippen LogP contribution in [-0.2, 0) is 9.53 Å². The second kappa shape index (κ2) is 6.40. The van der Waals surface area contributed by atoms with Gasteiger partial charge < -0.3 is 4.74 Å². The highest BCUT2D eigenvalue weighted by Gasteiger charge is 2.14. The zero-order chi connectivity index (χ0) is 10.4. The summed E-state index contributed by atoms with van der Waals surface area (Å²) in [6, 6.07) is 0. The van der Waals surface area contributed by atoms with Crippen molar-refractivity contribution in [1.29, 1.82) is 0 Å². The molecule has 0 saturated carbocycles. The van der Waals surface area contributed by atoms with Crippen molar-refractivity contribution in [2.45, 2.75) is 24.9 Å². The molecule has 0 aromatic rings. The van der Waals surface area contributed by atoms with E-state index in [2.05, 4.69) is 0 Å². The maximum atomic E-state index is 11.3. The molecule has 1 aliphatic rings. The van der Waals surface area contributed by atoms with E-state index in [1.54, 1.807) is 0 Å². The molecule has 2 nitrogen and oxygen atoms in total. The van der Waals surface area contributed by atoms with Crippen LogP contribution in [-0.4, -0.2) is 28.7 Å². The molecule has 0 N–H and O–H groups in total. The van der Waals surface area contributed by atoms with Crippen LogP contribution in [0.5, 0.6) is 0 Å². The molecule has 1 rings (SSSR count). The van der Waals surface area contributed by atoms with Crippen LogP contribution in [0.15, 0.2) is 11.6 Å². The SMILES string of the molecule is CCOC(=O)/C(C)=C/C1SCCCS1. The third kappa shape index (κ3) is 3.96. The molecule has 1 heterocycles. The Balaban J connectivity index is 2.44. The predicted molar refractivity (Wildman–Crippen MR) is 63.7 cm³/mol. The Hall–Kier alpha value is -0.0900. The quantitative estimate of drug-likeness (QED) is 0.552. The Labute approximate surface area is 93.8 Å². The Kier molecular flexibility index (Phi) is 5.48. The third-order valence-corrected chi connectivity index (χ3v) is 4.63. The molecule has 1 aliphatic heterocycles. The van der Waals surface area contributed by atoms with Crippen LogP contribution in [0.4, 0.5) is 0 Å². The number of ether oxygens (including phenoxy) is 1. The lowest BCUT2D eigenvalue weighted by Crippen LogP contribution is -2.09. The zero-order valence-corrected chi connectivity index (χ0v) is 10.2. The van der Waals surface area contributed by atoms with Gasteiger partial charge in [-0.2, -0.15) is 0 Å². The molecule has 0 aliphatic carbocycles. The molecule has 0 spiro atoms. The maximum absolute atomic E-state index is 11.3. The summed E-state index contributed by atoms with van der Waals surface area (Å²) in [6.07, 6.45) is 3.30. The number of hydrogen-bond donors (Lipinski definition) is 0. The second-order valence-electron chi connectivity index (χ2n) is 3.03. The molecule has 14 heavy (non-hydrogen) atoms. The lowest BCUT2D eigenvalue weighted by molar-refractivity contribution is -0.138. The molecule has 0 bridgehead atoms. The number of rotatable bonds is 3. The van der Waals surface area contributed by atoms with Gasteiger partial charge in [0.1, 0.15) is 0 Å². The van der Waals surface area contributed by atoms with Crippen molar-refractivity contribution in [1.82, 2.24) is 0 Å². The van der Waals surface area contributed by atoms with Crippen LogP contribution in [0, 0.1) is 0 Å². The molecule has 1 saturated heterocycles. The van der Waals surface area contributed by atoms with Crippen molar-refractivity contribution in [3.63, 3.8) is 0 Å². The van der Waals surface area contributed by atoms with E-state index in [0.29, 0.717) is 11.2 Å². The van der Waals surface area contributed by atoms with Gasteiger partial charge in [0, 0.05) is 5.57 Å². The molecule has 4 heteroatoms. The minimum absolute atomic E-state index is 0.181. The Morgan fingerprint density at radius 1 is 1.50 bits per heavy atom. The molecule has 80 valence electrons.